The molecule has 1 N–H and O–H groups in total. The number of Topliss-reactive ketones (excluding diaryl/α,β-unsaturated/α-hetero) is 1. The molecule has 0 amide bonds. The maximum Gasteiger partial charge on any atom is 1.00 e. The minimum Gasteiger partial charge on any atom is -1.00 e. The molecule has 0 aliphatic heterocycles. The number of imidazole rings is 2. The molecule has 0 spiro atoms. The molecule has 1 unspecified atom stereocenters. The van der Waals surface area contributed by atoms with Gasteiger partial charge in [-0.1, -0.05) is 79.2 Å². The number of carbonyl (C=O) groups excluding carboxylic acids is 1. The quantitative estimate of drug-likeness (QED) is 0.122. The molecule has 10 heteroatoms. The molecule has 4 heterocycles. The van der Waals surface area contributed by atoms with Gasteiger partial charge in [0.2, 0.25) is 0 Å². The second-order valence-corrected chi connectivity index (χ2v) is 17.1. The van der Waals surface area contributed by atoms with Crippen LogP contribution in [-0.2, 0) is 0 Å². The molecule has 1 atom stereocenters. The monoisotopic (exact) mass is 1050 g/mol. The largest absolute Gasteiger partial charge is 1.00 e. The van der Waals surface area contributed by atoms with E-state index in [-0.39, 0.29) is 54.2 Å². The topological polar surface area (TPSA) is 71.9 Å². The molecule has 4 fully saturated rings. The van der Waals surface area contributed by atoms with Gasteiger partial charge in [-0.2, -0.15) is 0 Å². The maximum absolute atomic E-state index is 13.5. The fourth-order valence-electron chi connectivity index (χ4n) is 9.52. The third-order valence-corrected chi connectivity index (χ3v) is 13.5. The molecule has 4 saturated carbocycles. The van der Waals surface area contributed by atoms with Crippen LogP contribution in [0.1, 0.15) is 328 Å². The number of halogens is 2. The van der Waals surface area contributed by atoms with Gasteiger partial charge in [0.15, 0.2) is 5.78 Å². The van der Waals surface area contributed by atoms with Crippen molar-refractivity contribution in [2.24, 2.45) is 11.8 Å². The number of benzene rings is 2. The Bertz CT molecular complexity index is 2450. The van der Waals surface area contributed by atoms with E-state index >= 15 is 0 Å². The van der Waals surface area contributed by atoms with Gasteiger partial charge in [-0.15, -0.1) is 0 Å². The summed E-state index contributed by atoms with van der Waals surface area (Å²) in [4.78, 5) is 22.1. The van der Waals surface area contributed by atoms with Gasteiger partial charge in [0.1, 0.15) is 0 Å². The van der Waals surface area contributed by atoms with Crippen LogP contribution in [0.25, 0.3) is 11.0 Å². The number of rotatable bonds is 8. The molecule has 10 rings (SSSR count). The second kappa shape index (κ2) is 19.0. The van der Waals surface area contributed by atoms with E-state index in [9.17, 15) is 9.90 Å². The first-order valence-corrected chi connectivity index (χ1v) is 20.8. The van der Waals surface area contributed by atoms with Crippen LogP contribution in [0.4, 0.5) is 0 Å². The summed E-state index contributed by atoms with van der Waals surface area (Å²) < 4.78 is 584. The standard InChI is InChI=1S/C23H25ClN2O.C23H23ClN2O.CH4.B.Na.59H2.H/c2*24-21-4-2-1-3-19(21)15-7-9-17(10-8-15)23(27)22-20(16-5-6-16)12-11-18-13-25-14-26(18)22;;;;;;;;;;;;;;;;;;;;;;;;;;;;;;;;;;;;;;;;;;;;;;;;;;;;;;;;;;;;;;;/h1-4,11-17,23,27H,5-10H2;1-4,11-17H,5-10H2;1H4;;;59*1H;/q;;;;+1;;;;;;;;;;;;;;;;;;;;;;;;;;;;;;;;;;;;;;;;;;;;;;;;;;;;;;;;;;;;-1/i;;;;;58*1+1D;1+1;. The molecule has 3 radical (unpaired) electrons. The Hall–Kier alpha value is -2.91. The number of hydrogen-bond acceptors (Lipinski definition) is 4. The van der Waals surface area contributed by atoms with Crippen LogP contribution in [-0.4, -0.2) is 38.1 Å². The zero-order valence-electron chi connectivity index (χ0n) is 149. The Kier molecular flexibility index (Phi) is 3.71. The summed E-state index contributed by atoms with van der Waals surface area (Å²) in [5.41, 5.74) is 9.08. The smallest absolute Gasteiger partial charge is 1.00 e. The van der Waals surface area contributed by atoms with Gasteiger partial charge in [0.25, 0.3) is 0 Å². The van der Waals surface area contributed by atoms with Crippen LogP contribution in [0.5, 0.6) is 0 Å². The molecule has 4 aliphatic carbocycles. The van der Waals surface area contributed by atoms with Crippen molar-refractivity contribution in [3.8, 4) is 0 Å². The van der Waals surface area contributed by atoms with E-state index in [0.29, 0.717) is 35.4 Å². The Morgan fingerprint density at radius 3 is 1.63 bits per heavy atom. The van der Waals surface area contributed by atoms with Crippen molar-refractivity contribution < 1.29 is 215 Å². The molecule has 57 heavy (non-hydrogen) atoms. The Balaban J connectivity index is -0.0000000171. The number of hydrogen-bond donors (Lipinski definition) is 1. The number of carbonyl (C=O) groups is 1. The van der Waals surface area contributed by atoms with E-state index in [1.165, 1.54) is 47.9 Å². The summed E-state index contributed by atoms with van der Waals surface area (Å²) in [5, 5.41) is 13.1. The minimum atomic E-state index is -0.425. The van der Waals surface area contributed by atoms with Crippen LogP contribution in [0.3, 0.4) is 0 Å². The predicted molar refractivity (Wildman–Crippen MR) is 354 cm³/mol. The first-order valence-electron chi connectivity index (χ1n) is 78.1. The fourth-order valence-corrected chi connectivity index (χ4v) is 10.1. The third kappa shape index (κ3) is 9.15. The average molecular weight is 1050 g/mol. The van der Waals surface area contributed by atoms with Crippen LogP contribution >= 0.6 is 23.2 Å². The van der Waals surface area contributed by atoms with Crippen molar-refractivity contribution >= 4 is 48.4 Å². The van der Waals surface area contributed by atoms with Crippen molar-refractivity contribution in [2.45, 2.75) is 114 Å². The van der Waals surface area contributed by atoms with E-state index in [2.05, 4.69) is 62.9 Å². The van der Waals surface area contributed by atoms with Crippen LogP contribution < -0.4 is 29.6 Å². The maximum atomic E-state index is 13.5. The predicted octanol–water partition coefficient (Wildman–Crippen LogP) is 23.8. The Morgan fingerprint density at radius 1 is 0.649 bits per heavy atom. The van der Waals surface area contributed by atoms with Crippen molar-refractivity contribution in [2.75, 3.05) is 0 Å². The Morgan fingerprint density at radius 2 is 1.09 bits per heavy atom. The first kappa shape index (κ1) is 11.1. The first-order chi connectivity index (χ1) is 84.4. The van der Waals surface area contributed by atoms with Crippen molar-refractivity contribution in [1.29, 1.82) is 0 Å². The van der Waals surface area contributed by atoms with E-state index in [4.69, 9.17) is 195 Å². The fraction of sp³-hybridized carbons (Fsp3) is 0.426. The zero-order valence-corrected chi connectivity index (χ0v) is 35.8. The van der Waals surface area contributed by atoms with Crippen LogP contribution in [0, 0.1) is 11.8 Å². The van der Waals surface area contributed by atoms with Gasteiger partial charge in [0.05, 0.1) is 53.6 Å². The molecular weight excluding hydrogens is 757 g/mol. The van der Waals surface area contributed by atoms with Crippen LogP contribution in [0.2, 0.25) is 10.0 Å². The summed E-state index contributed by atoms with van der Waals surface area (Å²) >= 11 is 12.8. The summed E-state index contributed by atoms with van der Waals surface area (Å²) in [5.74, 6) is 2.85. The number of ketones is 1. The molecule has 409 valence electrons. The third-order valence-electron chi connectivity index (χ3n) is 12.8. The summed E-state index contributed by atoms with van der Waals surface area (Å²) in [6.07, 6.45) is 20.0. The minimum absolute atomic E-state index is 0. The summed E-state index contributed by atoms with van der Waals surface area (Å²) in [6.45, 7) is 0. The number of aliphatic hydroxyl groups is 1. The van der Waals surface area contributed by atoms with Crippen molar-refractivity contribution in [1.82, 2.24) is 18.8 Å². The number of aromatic nitrogens is 4. The van der Waals surface area contributed by atoms with Gasteiger partial charge in [0, 0.05) is 198 Å². The van der Waals surface area contributed by atoms with Gasteiger partial charge < -0.3 is 10.9 Å². The SMILES string of the molecule is C.O=C(c1c(C2CC2)ccc2cncn12)C1CCC(c2ccccc2Cl)CC1.OC(c1c(C2CC2)ccc2cncn12)C1CCC(c2ccccc2Cl)CC1.[2HH].[2H][2H].[2H][2H].[2H][2H].[2H][2H].[2H][2H].[2H][2H].[2H][2H].[2H][2H].[2H][2H].[2H][2H].[2H][2H].[2H][2H].[2H][2H].[2H][2H].[2H][2H].[2H][2H].[2H][2H].[2H][2H].[2H][2H].[2H][2H].[2H][2H].[2H][2H].[2H][2H].[2H][2H].[2H][2H].[2H][2H].[2H][2H].[2H][2H].[2H][2H].[2H][2H].[2H][2H].[2H][2H].[2H][2H].[2H][2H].[2H][2H].[2H][2H].[2H][2H].[2H][2H].[2H][2H].[2H][2H].[2H][2H].[2H][2H].[2H][2H].[2H][2H].[2H][2H].[2H][2H].[2H][2H].[2H][2H].[2H][2H].[2H][2H].[2H][2H].[2H][2H].[2H][2H].[2H][2H].[2H][2H].[2H][2H].[2H][2H].[2H][2H].[B].[H-].[Na+]. The van der Waals surface area contributed by atoms with Crippen molar-refractivity contribution in [3.63, 3.8) is 0 Å². The van der Waals surface area contributed by atoms with E-state index < -0.39 is 6.10 Å². The summed E-state index contributed by atoms with van der Waals surface area (Å²) in [6, 6.07) is 24.9. The van der Waals surface area contributed by atoms with E-state index in [1.54, 1.807) is 6.33 Å². The molecule has 0 bridgehead atoms. The van der Waals surface area contributed by atoms with Gasteiger partial charge in [-0.3, -0.25) is 9.20 Å². The Labute approximate surface area is 553 Å². The number of nitrogens with zero attached hydrogens (tertiary/aromatic N) is 4. The molecule has 4 aromatic heterocycles. The number of aliphatic hydroxyl groups excluding tert-OH is 1. The van der Waals surface area contributed by atoms with E-state index in [0.717, 1.165) is 83.8 Å². The zero-order chi connectivity index (χ0) is 153. The second-order valence-electron chi connectivity index (χ2n) is 16.2. The number of pyridine rings is 2. The van der Waals surface area contributed by atoms with Gasteiger partial charge in [-0.05, 0) is 153 Å². The van der Waals surface area contributed by atoms with E-state index in [1.807, 2.05) is 47.4 Å². The molecule has 4 aliphatic rings. The molecule has 0 saturated heterocycles. The molecular formula is C47H171BCl2N4NaO2. The number of fused-ring (bicyclic) bond motifs is 2. The van der Waals surface area contributed by atoms with Gasteiger partial charge in [-0.25, -0.2) is 9.97 Å². The van der Waals surface area contributed by atoms with Crippen molar-refractivity contribution in [3.05, 3.63) is 142 Å². The molecule has 2 aromatic carbocycles. The van der Waals surface area contributed by atoms with Crippen LogP contribution in [0.15, 0.2) is 97.8 Å². The summed E-state index contributed by atoms with van der Waals surface area (Å²) in [7, 11) is 0. The normalized spacial score (nSPS) is 30.4. The van der Waals surface area contributed by atoms with Gasteiger partial charge >= 0.3 is 29.6 Å². The molecule has 6 nitrogen and oxygen atoms in total. The average Bonchev–Trinajstić information content (AvgIpc) is 1.63. The molecule has 6 aromatic rings.